The third kappa shape index (κ3) is 6.48. The zero-order valence-electron chi connectivity index (χ0n) is 17.7. The third-order valence-corrected chi connectivity index (χ3v) is 5.12. The Balaban J connectivity index is 2.23. The molecule has 0 aliphatic heterocycles. The van der Waals surface area contributed by atoms with Crippen molar-refractivity contribution in [3.05, 3.63) is 54.1 Å². The van der Waals surface area contributed by atoms with Gasteiger partial charge in [0.15, 0.2) is 0 Å². The number of hydrogen-bond donors (Lipinski definition) is 2. The van der Waals surface area contributed by atoms with Gasteiger partial charge < -0.3 is 15.4 Å². The highest BCUT2D eigenvalue weighted by Crippen LogP contribution is 2.22. The molecule has 30 heavy (non-hydrogen) atoms. The van der Waals surface area contributed by atoms with E-state index in [9.17, 15) is 18.0 Å². The van der Waals surface area contributed by atoms with E-state index in [1.807, 2.05) is 20.8 Å². The molecule has 2 rings (SSSR count). The first-order valence-corrected chi connectivity index (χ1v) is 11.1. The summed E-state index contributed by atoms with van der Waals surface area (Å²) in [6.45, 7) is 5.11. The normalized spacial score (nSPS) is 11.5. The van der Waals surface area contributed by atoms with Crippen molar-refractivity contribution in [3.63, 3.8) is 0 Å². The molecule has 0 aliphatic rings. The van der Waals surface area contributed by atoms with Crippen LogP contribution in [0.3, 0.4) is 0 Å². The molecular formula is C21H27N3O5S. The molecular weight excluding hydrogens is 406 g/mol. The molecule has 0 saturated heterocycles. The molecule has 0 radical (unpaired) electrons. The first-order valence-electron chi connectivity index (χ1n) is 9.24. The number of carbonyl (C=O) groups is 2. The first kappa shape index (κ1) is 23.2. The summed E-state index contributed by atoms with van der Waals surface area (Å²) in [5.41, 5.74) is 0.464. The number of anilines is 2. The molecule has 8 nitrogen and oxygen atoms in total. The Kier molecular flexibility index (Phi) is 7.09. The van der Waals surface area contributed by atoms with Crippen LogP contribution in [0.4, 0.5) is 11.4 Å². The van der Waals surface area contributed by atoms with Crippen LogP contribution in [0.2, 0.25) is 0 Å². The molecule has 0 aliphatic carbocycles. The number of ether oxygens (including phenoxy) is 1. The molecule has 0 unspecified atom stereocenters. The molecule has 9 heteroatoms. The highest BCUT2D eigenvalue weighted by Gasteiger charge is 2.23. The van der Waals surface area contributed by atoms with Gasteiger partial charge in [-0.3, -0.25) is 13.9 Å². The minimum absolute atomic E-state index is 0.288. The van der Waals surface area contributed by atoms with Gasteiger partial charge in [-0.2, -0.15) is 0 Å². The van der Waals surface area contributed by atoms with Crippen molar-refractivity contribution >= 4 is 33.2 Å². The maximum absolute atomic E-state index is 12.7. The number of para-hydroxylation sites is 1. The lowest BCUT2D eigenvalue weighted by atomic mass is 10.1. The second-order valence-electron chi connectivity index (χ2n) is 7.77. The van der Waals surface area contributed by atoms with E-state index >= 15 is 0 Å². The maximum atomic E-state index is 12.7. The zero-order valence-corrected chi connectivity index (χ0v) is 18.5. The summed E-state index contributed by atoms with van der Waals surface area (Å²) in [5.74, 6) is -0.351. The van der Waals surface area contributed by atoms with Crippen LogP contribution in [-0.2, 0) is 14.8 Å². The van der Waals surface area contributed by atoms with E-state index in [1.165, 1.54) is 7.11 Å². The molecule has 2 amide bonds. The van der Waals surface area contributed by atoms with Gasteiger partial charge in [0.05, 0.1) is 30.3 Å². The number of amides is 2. The number of hydrogen-bond acceptors (Lipinski definition) is 5. The molecule has 2 N–H and O–H groups in total. The van der Waals surface area contributed by atoms with Crippen molar-refractivity contribution in [2.24, 2.45) is 0 Å². The minimum atomic E-state index is -3.72. The summed E-state index contributed by atoms with van der Waals surface area (Å²) >= 11 is 0. The third-order valence-electron chi connectivity index (χ3n) is 3.98. The lowest BCUT2D eigenvalue weighted by molar-refractivity contribution is -0.114. The molecule has 0 bridgehead atoms. The Morgan fingerprint density at radius 2 is 1.63 bits per heavy atom. The molecule has 0 aromatic heterocycles. The molecule has 0 fully saturated rings. The molecule has 0 atom stereocenters. The molecule has 2 aromatic rings. The molecule has 0 saturated carbocycles. The smallest absolute Gasteiger partial charge is 0.253 e. The second kappa shape index (κ2) is 9.17. The summed E-state index contributed by atoms with van der Waals surface area (Å²) in [6.07, 6.45) is 1.02. The van der Waals surface area contributed by atoms with E-state index in [0.717, 1.165) is 10.6 Å². The van der Waals surface area contributed by atoms with Crippen molar-refractivity contribution in [2.75, 3.05) is 29.5 Å². The van der Waals surface area contributed by atoms with Gasteiger partial charge in [-0.15, -0.1) is 0 Å². The van der Waals surface area contributed by atoms with Crippen LogP contribution in [0.1, 0.15) is 31.1 Å². The largest absolute Gasteiger partial charge is 0.497 e. The number of carbonyl (C=O) groups excluding carboxylic acids is 2. The standard InChI is InChI=1S/C21H27N3O5S/c1-21(2,3)23-20(26)17-8-6-7-9-18(17)22-19(25)14-24(30(5,27)28)15-10-12-16(29-4)13-11-15/h6-13H,14H2,1-5H3,(H,22,25)(H,23,26). The van der Waals surface area contributed by atoms with Gasteiger partial charge in [0.2, 0.25) is 15.9 Å². The van der Waals surface area contributed by atoms with Gasteiger partial charge in [-0.05, 0) is 57.2 Å². The summed E-state index contributed by atoms with van der Waals surface area (Å²) in [4.78, 5) is 25.2. The van der Waals surface area contributed by atoms with Gasteiger partial charge in [-0.25, -0.2) is 8.42 Å². The maximum Gasteiger partial charge on any atom is 0.253 e. The van der Waals surface area contributed by atoms with E-state index < -0.39 is 28.0 Å². The van der Waals surface area contributed by atoms with Gasteiger partial charge in [0.25, 0.3) is 5.91 Å². The van der Waals surface area contributed by atoms with Crippen LogP contribution in [-0.4, -0.2) is 45.7 Å². The van der Waals surface area contributed by atoms with E-state index in [-0.39, 0.29) is 11.5 Å². The fourth-order valence-electron chi connectivity index (χ4n) is 2.67. The first-order chi connectivity index (χ1) is 13.9. The Morgan fingerprint density at radius 1 is 1.03 bits per heavy atom. The van der Waals surface area contributed by atoms with Crippen molar-refractivity contribution in [1.82, 2.24) is 5.32 Å². The Hall–Kier alpha value is -3.07. The van der Waals surface area contributed by atoms with E-state index in [1.54, 1.807) is 48.5 Å². The van der Waals surface area contributed by atoms with Crippen LogP contribution in [0, 0.1) is 0 Å². The average Bonchev–Trinajstić information content (AvgIpc) is 2.64. The fraction of sp³-hybridized carbons (Fsp3) is 0.333. The van der Waals surface area contributed by atoms with Crippen LogP contribution in [0.25, 0.3) is 0 Å². The Morgan fingerprint density at radius 3 is 2.17 bits per heavy atom. The molecule has 0 spiro atoms. The van der Waals surface area contributed by atoms with E-state index in [0.29, 0.717) is 17.1 Å². The van der Waals surface area contributed by atoms with Gasteiger partial charge in [0, 0.05) is 5.54 Å². The molecule has 162 valence electrons. The quantitative estimate of drug-likeness (QED) is 0.698. The Labute approximate surface area is 177 Å². The lowest BCUT2D eigenvalue weighted by Gasteiger charge is -2.23. The summed E-state index contributed by atoms with van der Waals surface area (Å²) < 4.78 is 30.6. The highest BCUT2D eigenvalue weighted by molar-refractivity contribution is 7.92. The number of rotatable bonds is 7. The van der Waals surface area contributed by atoms with Crippen LogP contribution >= 0.6 is 0 Å². The molecule has 0 heterocycles. The fourth-order valence-corrected chi connectivity index (χ4v) is 3.52. The topological polar surface area (TPSA) is 105 Å². The average molecular weight is 434 g/mol. The predicted molar refractivity (Wildman–Crippen MR) is 117 cm³/mol. The number of sulfonamides is 1. The van der Waals surface area contributed by atoms with E-state index in [2.05, 4.69) is 10.6 Å². The van der Waals surface area contributed by atoms with E-state index in [4.69, 9.17) is 4.74 Å². The lowest BCUT2D eigenvalue weighted by Crippen LogP contribution is -2.41. The predicted octanol–water partition coefficient (Wildman–Crippen LogP) is 2.63. The summed E-state index contributed by atoms with van der Waals surface area (Å²) in [6, 6.07) is 12.9. The number of nitrogens with zero attached hydrogens (tertiary/aromatic N) is 1. The number of benzene rings is 2. The summed E-state index contributed by atoms with van der Waals surface area (Å²) in [5, 5.41) is 5.48. The van der Waals surface area contributed by atoms with Crippen LogP contribution in [0.5, 0.6) is 5.75 Å². The zero-order chi connectivity index (χ0) is 22.5. The van der Waals surface area contributed by atoms with Crippen molar-refractivity contribution < 1.29 is 22.7 Å². The Bertz CT molecular complexity index is 1010. The molecule has 2 aromatic carbocycles. The summed E-state index contributed by atoms with van der Waals surface area (Å²) in [7, 11) is -2.22. The van der Waals surface area contributed by atoms with Gasteiger partial charge >= 0.3 is 0 Å². The van der Waals surface area contributed by atoms with Crippen molar-refractivity contribution in [2.45, 2.75) is 26.3 Å². The second-order valence-corrected chi connectivity index (χ2v) is 9.67. The van der Waals surface area contributed by atoms with Crippen LogP contribution < -0.4 is 19.7 Å². The highest BCUT2D eigenvalue weighted by atomic mass is 32.2. The van der Waals surface area contributed by atoms with Gasteiger partial charge in [-0.1, -0.05) is 12.1 Å². The monoisotopic (exact) mass is 433 g/mol. The minimum Gasteiger partial charge on any atom is -0.497 e. The van der Waals surface area contributed by atoms with Crippen molar-refractivity contribution in [3.8, 4) is 5.75 Å². The number of methoxy groups -OCH3 is 1. The SMILES string of the molecule is COc1ccc(N(CC(=O)Nc2ccccc2C(=O)NC(C)(C)C)S(C)(=O)=O)cc1. The van der Waals surface area contributed by atoms with Crippen LogP contribution in [0.15, 0.2) is 48.5 Å². The number of nitrogens with one attached hydrogen (secondary N) is 2. The van der Waals surface area contributed by atoms with Gasteiger partial charge in [0.1, 0.15) is 12.3 Å². The van der Waals surface area contributed by atoms with Crippen molar-refractivity contribution in [1.29, 1.82) is 0 Å².